The summed E-state index contributed by atoms with van der Waals surface area (Å²) >= 11 is 0. The van der Waals surface area contributed by atoms with Gasteiger partial charge in [0.2, 0.25) is 17.6 Å². The smallest absolute Gasteiger partial charge is 0.544 e. The average Bonchev–Trinajstić information content (AvgIpc) is 3.05. The second-order valence-electron chi connectivity index (χ2n) is 11.9. The van der Waals surface area contributed by atoms with Crippen molar-refractivity contribution in [3.05, 3.63) is 0 Å². The van der Waals surface area contributed by atoms with Gasteiger partial charge in [-0.3, -0.25) is 9.59 Å². The van der Waals surface area contributed by atoms with E-state index in [1.165, 1.54) is 0 Å². The van der Waals surface area contributed by atoms with Gasteiger partial charge in [0.15, 0.2) is 12.6 Å². The summed E-state index contributed by atoms with van der Waals surface area (Å²) in [6, 6.07) is -2.90. The van der Waals surface area contributed by atoms with Crippen LogP contribution >= 0.6 is 0 Å². The van der Waals surface area contributed by atoms with E-state index < -0.39 is 142 Å². The zero-order chi connectivity index (χ0) is 36.8. The van der Waals surface area contributed by atoms with Gasteiger partial charge in [-0.15, -0.1) is 0 Å². The number of carbonyl (C=O) groups excluding carboxylic acids is 3. The molecule has 0 spiro atoms. The molecule has 0 aromatic rings. The molecule has 3 saturated heterocycles. The zero-order valence-corrected chi connectivity index (χ0v) is 29.6. The summed E-state index contributed by atoms with van der Waals surface area (Å²) < 4.78 is 33.4. The summed E-state index contributed by atoms with van der Waals surface area (Å²) in [4.78, 5) is 36.3. The summed E-state index contributed by atoms with van der Waals surface area (Å²) in [6.07, 6.45) is -25.3. The van der Waals surface area contributed by atoms with Crippen LogP contribution in [-0.4, -0.2) is 194 Å². The number of ether oxygens (including phenoxy) is 6. The molecule has 23 heteroatoms. The molecule has 0 aliphatic carbocycles. The fourth-order valence-electron chi connectivity index (χ4n) is 5.87. The third kappa shape index (κ3) is 10.2. The molecule has 2 amide bonds. The van der Waals surface area contributed by atoms with Gasteiger partial charge in [-0.25, -0.2) is 0 Å². The van der Waals surface area contributed by atoms with Crippen LogP contribution in [0.15, 0.2) is 0 Å². The monoisotopic (exact) mass is 739 g/mol. The van der Waals surface area contributed by atoms with Crippen LogP contribution in [0.3, 0.4) is 0 Å². The van der Waals surface area contributed by atoms with Crippen LogP contribution in [0.2, 0.25) is 0 Å². The van der Waals surface area contributed by atoms with Crippen molar-refractivity contribution < 1.29 is 123 Å². The molecule has 0 saturated carbocycles. The third-order valence-electron chi connectivity index (χ3n) is 8.23. The van der Waals surface area contributed by atoms with E-state index in [1.807, 2.05) is 0 Å². The molecule has 13 N–H and O–H groups in total. The number of hydrogen-bond donors (Lipinski definition) is 12. The fraction of sp³-hybridized carbons (Fsp3) is 0.889. The standard InChI is InChI=1S/C27H47N3O19.Na/c1-9(34)29-15-11(36)5-27(26(42)43,48-22(15)17(38)12(37)6-31)49-23-18(39)13(7-32)45-25(20(23)41)47-21-14(8-33)46-24(44-4-3-28)16(19(21)40)30-10(2)35;/h11-25,31-33,36-41H,3-8,28H2,1-2H3,(H,29,34)(H,30,35)(H,42,43);/q;+1/p-1/t11?,12-,13?,14?,15?,16?,17-,18?,19?,20?,21?,22?,23?,24?,25?,27?;/m1./s1. The topological polar surface area (TPSA) is 362 Å². The number of hydrogen-bond acceptors (Lipinski definition) is 20. The maximum atomic E-state index is 12.6. The Bertz CT molecular complexity index is 1110. The molecule has 284 valence electrons. The Kier molecular flexibility index (Phi) is 17.7. The molecule has 0 aromatic carbocycles. The van der Waals surface area contributed by atoms with Crippen molar-refractivity contribution in [1.82, 2.24) is 10.6 Å². The number of carboxylic acids is 1. The molecule has 16 atom stereocenters. The largest absolute Gasteiger partial charge is 1.00 e. The third-order valence-corrected chi connectivity index (χ3v) is 8.23. The van der Waals surface area contributed by atoms with Gasteiger partial charge in [0.05, 0.1) is 38.6 Å². The van der Waals surface area contributed by atoms with Gasteiger partial charge in [-0.05, 0) is 0 Å². The molecule has 3 heterocycles. The number of carboxylic acid groups (broad SMARTS) is 1. The summed E-state index contributed by atoms with van der Waals surface area (Å²) in [6.45, 7) is -0.744. The number of aliphatic hydroxyl groups is 9. The minimum atomic E-state index is -3.14. The van der Waals surface area contributed by atoms with Gasteiger partial charge in [-0.2, -0.15) is 0 Å². The van der Waals surface area contributed by atoms with Crippen LogP contribution < -0.4 is 51.0 Å². The van der Waals surface area contributed by atoms with Crippen LogP contribution in [0.25, 0.3) is 0 Å². The van der Waals surface area contributed by atoms with E-state index in [2.05, 4.69) is 10.6 Å². The number of rotatable bonds is 15. The summed E-state index contributed by atoms with van der Waals surface area (Å²) in [5.74, 6) is -6.75. The Labute approximate surface area is 307 Å². The predicted molar refractivity (Wildman–Crippen MR) is 152 cm³/mol. The SMILES string of the molecule is CC(=O)NC1C(OCCN)OC(CO)C(OC2OC(CO)C(O)C(OC3(C(=O)[O-])CC(O)C(NC(C)=O)C([C@H](O)[C@H](O)CO)O3)C2O)C1O.[Na+]. The van der Waals surface area contributed by atoms with Crippen molar-refractivity contribution in [2.75, 3.05) is 33.0 Å². The molecule has 0 bridgehead atoms. The number of amides is 2. The maximum Gasteiger partial charge on any atom is 1.00 e. The summed E-state index contributed by atoms with van der Waals surface area (Å²) in [7, 11) is 0. The minimum Gasteiger partial charge on any atom is -0.544 e. The average molecular weight is 740 g/mol. The Morgan fingerprint density at radius 1 is 0.900 bits per heavy atom. The fourth-order valence-corrected chi connectivity index (χ4v) is 5.87. The van der Waals surface area contributed by atoms with Crippen molar-refractivity contribution in [2.24, 2.45) is 5.73 Å². The number of nitrogens with two attached hydrogens (primary N) is 1. The first kappa shape index (κ1) is 44.9. The van der Waals surface area contributed by atoms with Crippen molar-refractivity contribution in [1.29, 1.82) is 0 Å². The Balaban J connectivity index is 0.00000867. The second kappa shape index (κ2) is 19.7. The molecule has 14 unspecified atom stereocenters. The van der Waals surface area contributed by atoms with E-state index in [-0.39, 0.29) is 42.7 Å². The number of aliphatic hydroxyl groups excluding tert-OH is 9. The minimum absolute atomic E-state index is 0. The maximum absolute atomic E-state index is 12.6. The molecular formula is C27H46N3NaO19. The summed E-state index contributed by atoms with van der Waals surface area (Å²) in [5.41, 5.74) is 5.47. The van der Waals surface area contributed by atoms with Crippen LogP contribution in [0.5, 0.6) is 0 Å². The van der Waals surface area contributed by atoms with E-state index in [0.717, 1.165) is 13.8 Å². The van der Waals surface area contributed by atoms with Crippen molar-refractivity contribution in [3.63, 3.8) is 0 Å². The quantitative estimate of drug-likeness (QED) is 0.0694. The first-order valence-corrected chi connectivity index (χ1v) is 15.4. The zero-order valence-electron chi connectivity index (χ0n) is 27.6. The van der Waals surface area contributed by atoms with Crippen LogP contribution in [0.4, 0.5) is 0 Å². The van der Waals surface area contributed by atoms with Crippen molar-refractivity contribution >= 4 is 17.8 Å². The molecule has 50 heavy (non-hydrogen) atoms. The molecule has 3 aliphatic heterocycles. The van der Waals surface area contributed by atoms with E-state index in [4.69, 9.17) is 34.2 Å². The molecule has 3 aliphatic rings. The first-order chi connectivity index (χ1) is 23.0. The van der Waals surface area contributed by atoms with E-state index in [1.54, 1.807) is 0 Å². The number of nitrogens with one attached hydrogen (secondary N) is 2. The second-order valence-corrected chi connectivity index (χ2v) is 11.9. The van der Waals surface area contributed by atoms with Gasteiger partial charge >= 0.3 is 29.6 Å². The van der Waals surface area contributed by atoms with Crippen molar-refractivity contribution in [2.45, 2.75) is 118 Å². The predicted octanol–water partition coefficient (Wildman–Crippen LogP) is -12.4. The van der Waals surface area contributed by atoms with E-state index >= 15 is 0 Å². The van der Waals surface area contributed by atoms with Gasteiger partial charge in [0.25, 0.3) is 0 Å². The molecule has 0 aromatic heterocycles. The normalized spacial score (nSPS) is 40.2. The molecule has 0 radical (unpaired) electrons. The Morgan fingerprint density at radius 3 is 2.00 bits per heavy atom. The number of carbonyl (C=O) groups is 3. The van der Waals surface area contributed by atoms with Gasteiger partial charge in [0.1, 0.15) is 73.1 Å². The van der Waals surface area contributed by atoms with Crippen LogP contribution in [0, 0.1) is 0 Å². The Morgan fingerprint density at radius 2 is 1.48 bits per heavy atom. The molecule has 22 nitrogen and oxygen atoms in total. The van der Waals surface area contributed by atoms with Crippen LogP contribution in [0.1, 0.15) is 20.3 Å². The number of aliphatic carboxylic acids is 1. The van der Waals surface area contributed by atoms with Crippen LogP contribution in [-0.2, 0) is 42.8 Å². The molecular weight excluding hydrogens is 693 g/mol. The first-order valence-electron chi connectivity index (χ1n) is 15.4. The molecule has 3 rings (SSSR count). The Hall–Kier alpha value is -1.23. The van der Waals surface area contributed by atoms with Gasteiger partial charge < -0.3 is 101 Å². The molecule has 3 fully saturated rings. The van der Waals surface area contributed by atoms with Gasteiger partial charge in [0, 0.05) is 26.8 Å². The van der Waals surface area contributed by atoms with E-state index in [0.29, 0.717) is 0 Å². The van der Waals surface area contributed by atoms with Crippen molar-refractivity contribution in [3.8, 4) is 0 Å². The van der Waals surface area contributed by atoms with Gasteiger partial charge in [-0.1, -0.05) is 0 Å². The summed E-state index contributed by atoms with van der Waals surface area (Å²) in [5, 5.41) is 112. The van der Waals surface area contributed by atoms with E-state index in [9.17, 15) is 65.4 Å².